The van der Waals surface area contributed by atoms with E-state index < -0.39 is 12.1 Å². The largest absolute Gasteiger partial charge is 0.542 e. The van der Waals surface area contributed by atoms with Crippen molar-refractivity contribution < 1.29 is 37.4 Å². The minimum absolute atomic E-state index is 0.111. The molecule has 1 amide bonds. The molecule has 7 nitrogen and oxygen atoms in total. The van der Waals surface area contributed by atoms with Gasteiger partial charge in [0.05, 0.1) is 12.8 Å². The van der Waals surface area contributed by atoms with Crippen LogP contribution in [0.4, 0.5) is 13.2 Å². The van der Waals surface area contributed by atoms with Crippen LogP contribution in [0.3, 0.4) is 0 Å². The van der Waals surface area contributed by atoms with Crippen LogP contribution in [0.15, 0.2) is 48.7 Å². The maximum atomic E-state index is 12.9. The van der Waals surface area contributed by atoms with Crippen LogP contribution in [0.2, 0.25) is 5.02 Å². The van der Waals surface area contributed by atoms with E-state index in [-0.39, 0.29) is 17.9 Å². The molecule has 0 aliphatic heterocycles. The quantitative estimate of drug-likeness (QED) is 0.471. The monoisotopic (exact) mass is 497 g/mol. The van der Waals surface area contributed by atoms with Gasteiger partial charge < -0.3 is 20.3 Å². The zero-order valence-corrected chi connectivity index (χ0v) is 18.7. The number of hydrogen-bond donors (Lipinski definition) is 3. The number of fused-ring (bicyclic) bond motifs is 1. The maximum absolute atomic E-state index is 12.9. The van der Waals surface area contributed by atoms with Gasteiger partial charge in [0.1, 0.15) is 5.97 Å². The Kier molecular flexibility index (Phi) is 7.83. The Hall–Kier alpha value is -3.11. The van der Waals surface area contributed by atoms with Gasteiger partial charge in [-0.05, 0) is 37.1 Å². The molecule has 11 heteroatoms. The molecule has 0 saturated heterocycles. The zero-order valence-electron chi connectivity index (χ0n) is 18.0. The number of H-pyrrole nitrogens is 1. The van der Waals surface area contributed by atoms with E-state index in [1.165, 1.54) is 0 Å². The number of imidazole rings is 1. The lowest BCUT2D eigenvalue weighted by Crippen LogP contribution is -2.41. The molecule has 2 heterocycles. The molecule has 182 valence electrons. The van der Waals surface area contributed by atoms with Crippen molar-refractivity contribution in [2.24, 2.45) is 5.41 Å². The molecule has 0 atom stereocenters. The fourth-order valence-corrected chi connectivity index (χ4v) is 4.17. The number of aliphatic hydroxyl groups is 1. The van der Waals surface area contributed by atoms with Gasteiger partial charge in [-0.3, -0.25) is 4.79 Å². The first-order chi connectivity index (χ1) is 16.1. The first-order valence-electron chi connectivity index (χ1n) is 10.5. The molecule has 0 radical (unpaired) electrons. The summed E-state index contributed by atoms with van der Waals surface area (Å²) in [5.74, 6) is -2.72. The van der Waals surface area contributed by atoms with Crippen LogP contribution in [0.1, 0.15) is 36.3 Å². The number of aliphatic carboxylic acids is 1. The van der Waals surface area contributed by atoms with Crippen molar-refractivity contribution in [3.05, 3.63) is 59.5 Å². The number of carboxylic acid groups (broad SMARTS) is 1. The average molecular weight is 498 g/mol. The van der Waals surface area contributed by atoms with Crippen LogP contribution in [-0.2, 0) is 4.79 Å². The van der Waals surface area contributed by atoms with Crippen LogP contribution in [0.5, 0.6) is 0 Å². The zero-order chi connectivity index (χ0) is 24.9. The first-order valence-corrected chi connectivity index (χ1v) is 10.9. The predicted octanol–water partition coefficient (Wildman–Crippen LogP) is 2.65. The second-order valence-electron chi connectivity index (χ2n) is 8.15. The number of benzene rings is 1. The molecular weight excluding hydrogens is 475 g/mol. The summed E-state index contributed by atoms with van der Waals surface area (Å²) in [6, 6.07) is 13.4. The Bertz CT molecular complexity index is 1170. The summed E-state index contributed by atoms with van der Waals surface area (Å²) in [5.41, 5.74) is 2.50. The number of nitrogens with one attached hydrogen (secondary N) is 2. The molecule has 0 unspecified atom stereocenters. The minimum Gasteiger partial charge on any atom is -0.542 e. The van der Waals surface area contributed by atoms with Gasteiger partial charge in [0.15, 0.2) is 11.2 Å². The molecule has 0 bridgehead atoms. The van der Waals surface area contributed by atoms with E-state index in [0.29, 0.717) is 17.4 Å². The van der Waals surface area contributed by atoms with Gasteiger partial charge in [0, 0.05) is 22.5 Å². The van der Waals surface area contributed by atoms with Gasteiger partial charge in [-0.15, -0.1) is 0 Å². The highest BCUT2D eigenvalue weighted by atomic mass is 35.5. The first kappa shape index (κ1) is 25.5. The van der Waals surface area contributed by atoms with Crippen LogP contribution >= 0.6 is 11.6 Å². The number of alkyl halides is 3. The van der Waals surface area contributed by atoms with E-state index in [4.69, 9.17) is 21.5 Å². The van der Waals surface area contributed by atoms with Crippen molar-refractivity contribution in [1.29, 1.82) is 0 Å². The molecule has 0 spiro atoms. The highest BCUT2D eigenvalue weighted by molar-refractivity contribution is 6.30. The van der Waals surface area contributed by atoms with Gasteiger partial charge >= 0.3 is 17.9 Å². The second kappa shape index (κ2) is 10.4. The number of aliphatic hydroxyl groups excluding tert-OH is 1. The van der Waals surface area contributed by atoms with Crippen LogP contribution in [-0.4, -0.2) is 41.3 Å². The van der Waals surface area contributed by atoms with E-state index in [1.54, 1.807) is 0 Å². The Morgan fingerprint density at radius 1 is 1.18 bits per heavy atom. The summed E-state index contributed by atoms with van der Waals surface area (Å²) in [6.07, 6.45) is 0.795. The van der Waals surface area contributed by atoms with Crippen molar-refractivity contribution in [2.75, 3.05) is 13.2 Å². The molecule has 1 aliphatic carbocycles. The third-order valence-corrected chi connectivity index (χ3v) is 6.02. The molecule has 1 aliphatic rings. The number of rotatable bonds is 5. The lowest BCUT2D eigenvalue weighted by atomic mass is 9.87. The predicted molar refractivity (Wildman–Crippen MR) is 116 cm³/mol. The molecule has 1 aromatic carbocycles. The summed E-state index contributed by atoms with van der Waals surface area (Å²) in [5, 5.41) is 22.2. The number of carboxylic acids is 1. The number of carbonyl (C=O) groups excluding carboxylic acids is 2. The average Bonchev–Trinajstić information content (AvgIpc) is 3.43. The number of halogens is 4. The van der Waals surface area contributed by atoms with Crippen molar-refractivity contribution in [3.63, 3.8) is 0 Å². The Balaban J connectivity index is 0.000000406. The highest BCUT2D eigenvalue weighted by Gasteiger charge is 2.35. The molecule has 1 saturated carbocycles. The van der Waals surface area contributed by atoms with E-state index in [0.717, 1.165) is 42.5 Å². The van der Waals surface area contributed by atoms with Gasteiger partial charge in [0.2, 0.25) is 0 Å². The fraction of sp³-hybridized carbons (Fsp3) is 0.348. The third kappa shape index (κ3) is 5.87. The number of pyridine rings is 1. The summed E-state index contributed by atoms with van der Waals surface area (Å²) >= 11 is 6.15. The molecule has 3 N–H and O–H groups in total. The molecule has 4 rings (SSSR count). The van der Waals surface area contributed by atoms with E-state index in [2.05, 4.69) is 10.3 Å². The van der Waals surface area contributed by atoms with Crippen molar-refractivity contribution >= 4 is 29.0 Å². The smallest absolute Gasteiger partial charge is 0.430 e. The summed E-state index contributed by atoms with van der Waals surface area (Å²) in [7, 11) is 0. The molecule has 1 fully saturated rings. The van der Waals surface area contributed by atoms with Crippen molar-refractivity contribution in [2.45, 2.75) is 31.9 Å². The minimum atomic E-state index is -5.19. The van der Waals surface area contributed by atoms with Crippen molar-refractivity contribution in [3.8, 4) is 11.3 Å². The van der Waals surface area contributed by atoms with E-state index in [9.17, 15) is 23.1 Å². The number of aromatic nitrogens is 2. The van der Waals surface area contributed by atoms with Gasteiger partial charge in [-0.2, -0.15) is 17.6 Å². The normalized spacial score (nSPS) is 15.0. The Morgan fingerprint density at radius 2 is 1.85 bits per heavy atom. The molecule has 3 aromatic rings. The number of nitrogens with zero attached hydrogens (tertiary/aromatic N) is 1. The fourth-order valence-electron chi connectivity index (χ4n) is 3.98. The lowest BCUT2D eigenvalue weighted by Gasteiger charge is -2.25. The Labute approximate surface area is 198 Å². The van der Waals surface area contributed by atoms with Crippen LogP contribution in [0, 0.1) is 5.41 Å². The second-order valence-corrected chi connectivity index (χ2v) is 8.58. The Morgan fingerprint density at radius 3 is 2.44 bits per heavy atom. The van der Waals surface area contributed by atoms with E-state index >= 15 is 0 Å². The van der Waals surface area contributed by atoms with Gasteiger partial charge in [-0.25, -0.2) is 4.98 Å². The number of amides is 1. The van der Waals surface area contributed by atoms with Crippen LogP contribution < -0.4 is 14.8 Å². The summed E-state index contributed by atoms with van der Waals surface area (Å²) in [6.45, 7) is 0.600. The molecular formula is C23H23ClF3N3O4. The van der Waals surface area contributed by atoms with Gasteiger partial charge in [-0.1, -0.05) is 42.6 Å². The molecule has 2 aromatic heterocycles. The maximum Gasteiger partial charge on any atom is 0.430 e. The van der Waals surface area contributed by atoms with Crippen molar-refractivity contribution in [1.82, 2.24) is 10.3 Å². The van der Waals surface area contributed by atoms with Crippen LogP contribution in [0.25, 0.3) is 16.8 Å². The summed E-state index contributed by atoms with van der Waals surface area (Å²) in [4.78, 5) is 25.0. The SMILES string of the molecule is O=C(NCC1(CO)CCCC1)c1[nH]c(-c2cccc(Cl)c2)c2cccc[n+]12.O=C([O-])C(F)(F)F. The highest BCUT2D eigenvalue weighted by Crippen LogP contribution is 2.37. The lowest BCUT2D eigenvalue weighted by molar-refractivity contribution is -0.513. The number of carbonyl (C=O) groups is 2. The standard InChI is InChI=1S/C21H22ClN3O2.C2HF3O2/c22-16-7-5-6-15(12-16)18-17-8-1-4-11-25(17)19(24-18)20(27)23-13-21(14-26)9-2-3-10-21;3-2(4,5)1(6)7/h1,4-8,11-12,26H,2-3,9-10,13-14H2,(H,23,27);(H,6,7). The van der Waals surface area contributed by atoms with Gasteiger partial charge in [0.25, 0.3) is 0 Å². The number of aromatic amines is 1. The topological polar surface area (TPSA) is 109 Å². The number of hydrogen-bond acceptors (Lipinski definition) is 4. The van der Waals surface area contributed by atoms with E-state index in [1.807, 2.05) is 53.1 Å². The third-order valence-electron chi connectivity index (χ3n) is 5.78. The molecule has 34 heavy (non-hydrogen) atoms. The summed E-state index contributed by atoms with van der Waals surface area (Å²) < 4.78 is 33.4.